The van der Waals surface area contributed by atoms with Gasteiger partial charge in [-0.15, -0.1) is 0 Å². The largest absolute Gasteiger partial charge is 0.462 e. The minimum absolute atomic E-state index is 0.109. The molecule has 1 heterocycles. The molecular weight excluding hydrogens is 354 g/mol. The van der Waals surface area contributed by atoms with Crippen molar-refractivity contribution >= 4 is 40.2 Å². The fourth-order valence-electron chi connectivity index (χ4n) is 1.08. The monoisotopic (exact) mass is 361 g/mol. The van der Waals surface area contributed by atoms with E-state index in [0.29, 0.717) is 3.70 Å². The van der Waals surface area contributed by atoms with E-state index in [4.69, 9.17) is 11.6 Å². The van der Waals surface area contributed by atoms with Gasteiger partial charge in [0.15, 0.2) is 0 Å². The second kappa shape index (κ2) is 5.72. The number of alkyl halides is 2. The predicted octanol–water partition coefficient (Wildman–Crippen LogP) is 3.45. The molecule has 0 bridgehead atoms. The van der Waals surface area contributed by atoms with E-state index in [-0.39, 0.29) is 17.3 Å². The minimum atomic E-state index is -2.86. The summed E-state index contributed by atoms with van der Waals surface area (Å²) in [7, 11) is 0. The van der Waals surface area contributed by atoms with Crippen molar-refractivity contribution in [1.82, 2.24) is 4.98 Å². The number of hydrogen-bond donors (Lipinski definition) is 0. The van der Waals surface area contributed by atoms with Gasteiger partial charge in [0.2, 0.25) is 0 Å². The lowest BCUT2D eigenvalue weighted by molar-refractivity contribution is 0.0515. The molecule has 7 heteroatoms. The first-order chi connectivity index (χ1) is 7.47. The molecule has 0 N–H and O–H groups in total. The van der Waals surface area contributed by atoms with Gasteiger partial charge >= 0.3 is 5.97 Å². The van der Waals surface area contributed by atoms with Crippen LogP contribution in [0.3, 0.4) is 0 Å². The Kier molecular flexibility index (Phi) is 4.85. The lowest BCUT2D eigenvalue weighted by atomic mass is 10.1. The third kappa shape index (κ3) is 3.00. The number of rotatable bonds is 3. The quantitative estimate of drug-likeness (QED) is 0.470. The summed E-state index contributed by atoms with van der Waals surface area (Å²) in [5, 5.41) is -0.370. The normalized spacial score (nSPS) is 10.6. The highest BCUT2D eigenvalue weighted by Gasteiger charge is 2.24. The summed E-state index contributed by atoms with van der Waals surface area (Å²) in [5.74, 6) is -0.819. The molecule has 1 aromatic rings. The molecule has 0 aliphatic carbocycles. The molecule has 0 aliphatic rings. The predicted molar refractivity (Wildman–Crippen MR) is 62.9 cm³/mol. The molecule has 0 atom stereocenters. The van der Waals surface area contributed by atoms with Crippen molar-refractivity contribution in [3.05, 3.63) is 26.0 Å². The highest BCUT2D eigenvalue weighted by atomic mass is 127. The van der Waals surface area contributed by atoms with Crippen LogP contribution in [0.25, 0.3) is 0 Å². The fraction of sp³-hybridized carbons (Fsp3) is 0.333. The summed E-state index contributed by atoms with van der Waals surface area (Å²) in [6, 6.07) is 1.23. The molecule has 0 aromatic carbocycles. The van der Waals surface area contributed by atoms with Crippen LogP contribution in [-0.4, -0.2) is 17.6 Å². The van der Waals surface area contributed by atoms with Crippen LogP contribution < -0.4 is 0 Å². The number of carbonyl (C=O) groups is 1. The van der Waals surface area contributed by atoms with Crippen LogP contribution >= 0.6 is 34.2 Å². The number of ether oxygens (including phenoxy) is 1. The summed E-state index contributed by atoms with van der Waals surface area (Å²) in [5.41, 5.74) is -0.818. The maximum Gasteiger partial charge on any atom is 0.338 e. The Morgan fingerprint density at radius 1 is 1.69 bits per heavy atom. The Morgan fingerprint density at radius 2 is 2.31 bits per heavy atom. The van der Waals surface area contributed by atoms with E-state index in [0.717, 1.165) is 0 Å². The molecule has 3 nitrogen and oxygen atoms in total. The number of nitrogens with zero attached hydrogens (tertiary/aromatic N) is 1. The Labute approximate surface area is 109 Å². The fourth-order valence-corrected chi connectivity index (χ4v) is 2.05. The van der Waals surface area contributed by atoms with E-state index in [1.807, 2.05) is 0 Å². The molecule has 0 radical (unpaired) electrons. The van der Waals surface area contributed by atoms with Crippen LogP contribution in [0.1, 0.15) is 29.3 Å². The van der Waals surface area contributed by atoms with Crippen molar-refractivity contribution in [2.45, 2.75) is 13.3 Å². The molecule has 0 saturated heterocycles. The summed E-state index contributed by atoms with van der Waals surface area (Å²) >= 11 is 7.35. The van der Waals surface area contributed by atoms with Gasteiger partial charge in [0.25, 0.3) is 6.43 Å². The van der Waals surface area contributed by atoms with Crippen molar-refractivity contribution in [2.75, 3.05) is 6.61 Å². The maximum atomic E-state index is 12.7. The van der Waals surface area contributed by atoms with Crippen molar-refractivity contribution < 1.29 is 18.3 Å². The number of halogens is 4. The zero-order valence-electron chi connectivity index (χ0n) is 8.14. The first-order valence-corrected chi connectivity index (χ1v) is 5.74. The standard InChI is InChI=1S/C9H7ClF2INO2/c1-2-16-9(15)4-3-5(13)14-7(10)6(4)8(11)12/h3,8H,2H2,1H3. The third-order valence-electron chi connectivity index (χ3n) is 1.69. The molecule has 1 aromatic heterocycles. The molecule has 16 heavy (non-hydrogen) atoms. The van der Waals surface area contributed by atoms with E-state index in [2.05, 4.69) is 9.72 Å². The number of pyridine rings is 1. The van der Waals surface area contributed by atoms with Crippen LogP contribution in [0.4, 0.5) is 8.78 Å². The van der Waals surface area contributed by atoms with Crippen LogP contribution in [0.15, 0.2) is 6.07 Å². The van der Waals surface area contributed by atoms with Gasteiger partial charge in [-0.05, 0) is 35.6 Å². The maximum absolute atomic E-state index is 12.7. The molecule has 0 unspecified atom stereocenters. The zero-order valence-corrected chi connectivity index (χ0v) is 11.1. The van der Waals surface area contributed by atoms with Gasteiger partial charge in [0, 0.05) is 0 Å². The Morgan fingerprint density at radius 3 is 2.81 bits per heavy atom. The SMILES string of the molecule is CCOC(=O)c1cc(I)nc(Cl)c1C(F)F. The Bertz CT molecular complexity index is 415. The number of hydrogen-bond acceptors (Lipinski definition) is 3. The van der Waals surface area contributed by atoms with Crippen LogP contribution in [-0.2, 0) is 4.74 Å². The third-order valence-corrected chi connectivity index (χ3v) is 2.54. The van der Waals surface area contributed by atoms with E-state index in [1.165, 1.54) is 6.07 Å². The molecule has 0 aliphatic heterocycles. The van der Waals surface area contributed by atoms with Crippen molar-refractivity contribution in [2.24, 2.45) is 0 Å². The molecule has 0 amide bonds. The van der Waals surface area contributed by atoms with Gasteiger partial charge < -0.3 is 4.74 Å². The lowest BCUT2D eigenvalue weighted by Gasteiger charge is -2.09. The van der Waals surface area contributed by atoms with Crippen LogP contribution in [0.2, 0.25) is 5.15 Å². The first-order valence-electron chi connectivity index (χ1n) is 4.28. The van der Waals surface area contributed by atoms with Gasteiger partial charge in [-0.1, -0.05) is 11.6 Å². The summed E-state index contributed by atoms with van der Waals surface area (Å²) in [6.07, 6.45) is -2.86. The number of carbonyl (C=O) groups excluding carboxylic acids is 1. The summed E-state index contributed by atoms with van der Waals surface area (Å²) in [4.78, 5) is 15.1. The van der Waals surface area contributed by atoms with E-state index in [9.17, 15) is 13.6 Å². The Hall–Kier alpha value is -0.500. The summed E-state index contributed by atoms with van der Waals surface area (Å²) in [6.45, 7) is 1.70. The Balaban J connectivity index is 3.29. The first kappa shape index (κ1) is 13.6. The van der Waals surface area contributed by atoms with Gasteiger partial charge in [-0.25, -0.2) is 18.6 Å². The van der Waals surface area contributed by atoms with E-state index < -0.39 is 18.0 Å². The molecule has 0 spiro atoms. The number of aromatic nitrogens is 1. The smallest absolute Gasteiger partial charge is 0.338 e. The average molecular weight is 362 g/mol. The lowest BCUT2D eigenvalue weighted by Crippen LogP contribution is -2.10. The van der Waals surface area contributed by atoms with Gasteiger partial charge in [0.1, 0.15) is 8.85 Å². The van der Waals surface area contributed by atoms with Crippen molar-refractivity contribution in [3.63, 3.8) is 0 Å². The molecule has 0 fully saturated rings. The zero-order chi connectivity index (χ0) is 12.3. The summed E-state index contributed by atoms with van der Waals surface area (Å²) < 4.78 is 30.4. The molecule has 88 valence electrons. The topological polar surface area (TPSA) is 39.2 Å². The molecule has 1 rings (SSSR count). The van der Waals surface area contributed by atoms with Crippen LogP contribution in [0.5, 0.6) is 0 Å². The second-order valence-electron chi connectivity index (χ2n) is 2.72. The van der Waals surface area contributed by atoms with E-state index in [1.54, 1.807) is 29.5 Å². The van der Waals surface area contributed by atoms with Gasteiger partial charge in [0.05, 0.1) is 17.7 Å². The minimum Gasteiger partial charge on any atom is -0.462 e. The van der Waals surface area contributed by atoms with Gasteiger partial charge in [-0.3, -0.25) is 0 Å². The van der Waals surface area contributed by atoms with Crippen molar-refractivity contribution in [1.29, 1.82) is 0 Å². The van der Waals surface area contributed by atoms with Gasteiger partial charge in [-0.2, -0.15) is 0 Å². The second-order valence-corrected chi connectivity index (χ2v) is 4.18. The highest BCUT2D eigenvalue weighted by Crippen LogP contribution is 2.30. The number of esters is 1. The van der Waals surface area contributed by atoms with E-state index >= 15 is 0 Å². The highest BCUT2D eigenvalue weighted by molar-refractivity contribution is 14.1. The van der Waals surface area contributed by atoms with Crippen molar-refractivity contribution in [3.8, 4) is 0 Å². The molecular formula is C9H7ClF2INO2. The average Bonchev–Trinajstić information content (AvgIpc) is 2.15. The molecule has 0 saturated carbocycles. The van der Waals surface area contributed by atoms with Crippen LogP contribution in [0, 0.1) is 3.70 Å².